The average Bonchev–Trinajstić information content (AvgIpc) is 3.59. The van der Waals surface area contributed by atoms with Crippen LogP contribution in [0.3, 0.4) is 0 Å². The Bertz CT molecular complexity index is 1110. The van der Waals surface area contributed by atoms with Crippen LogP contribution >= 0.6 is 0 Å². The fourth-order valence-corrected chi connectivity index (χ4v) is 7.03. The summed E-state index contributed by atoms with van der Waals surface area (Å²) in [5.41, 5.74) is 0.714. The minimum absolute atomic E-state index is 0.0373. The van der Waals surface area contributed by atoms with E-state index in [1.165, 1.54) is 23.4 Å². The lowest BCUT2D eigenvalue weighted by Crippen LogP contribution is -2.41. The second kappa shape index (κ2) is 9.95. The van der Waals surface area contributed by atoms with Gasteiger partial charge in [-0.05, 0) is 70.2 Å². The van der Waals surface area contributed by atoms with Gasteiger partial charge in [0.05, 0.1) is 18.4 Å². The van der Waals surface area contributed by atoms with Crippen LogP contribution in [0.5, 0.6) is 5.75 Å². The minimum atomic E-state index is -3.24. The maximum atomic E-state index is 13.1. The molecule has 0 N–H and O–H groups in total. The molecule has 10 heteroatoms. The van der Waals surface area contributed by atoms with Crippen molar-refractivity contribution < 1.29 is 27.5 Å². The van der Waals surface area contributed by atoms with Crippen molar-refractivity contribution in [3.8, 4) is 5.75 Å². The first-order valence-electron chi connectivity index (χ1n) is 13.1. The molecule has 3 aliphatic heterocycles. The van der Waals surface area contributed by atoms with Crippen molar-refractivity contribution >= 4 is 21.9 Å². The van der Waals surface area contributed by atoms with Crippen molar-refractivity contribution in [1.29, 1.82) is 0 Å². The summed E-state index contributed by atoms with van der Waals surface area (Å²) in [7, 11) is -1.34. The molecule has 1 amide bonds. The number of amides is 1. The summed E-state index contributed by atoms with van der Waals surface area (Å²) in [5.74, 6) is 0.348. The molecule has 1 saturated carbocycles. The lowest BCUT2D eigenvalue weighted by molar-refractivity contribution is -0.137. The number of hydrogen-bond acceptors (Lipinski definition) is 7. The molecule has 1 atom stereocenters. The van der Waals surface area contributed by atoms with Crippen molar-refractivity contribution in [1.82, 2.24) is 14.1 Å². The largest absolute Gasteiger partial charge is 0.489 e. The molecular weight excluding hydrogens is 482 g/mol. The summed E-state index contributed by atoms with van der Waals surface area (Å²) in [4.78, 5) is 30.1. The van der Waals surface area contributed by atoms with Crippen LogP contribution in [0.4, 0.5) is 0 Å². The van der Waals surface area contributed by atoms with Gasteiger partial charge in [-0.15, -0.1) is 0 Å². The van der Waals surface area contributed by atoms with Crippen molar-refractivity contribution in [3.63, 3.8) is 0 Å². The number of likely N-dealkylation sites (N-methyl/N-ethyl adjacent to an activating group) is 1. The van der Waals surface area contributed by atoms with E-state index in [0.29, 0.717) is 56.5 Å². The number of fused-ring (bicyclic) bond motifs is 2. The molecule has 36 heavy (non-hydrogen) atoms. The maximum Gasteiger partial charge on any atom is 0.339 e. The third kappa shape index (κ3) is 5.13. The van der Waals surface area contributed by atoms with E-state index in [2.05, 4.69) is 4.90 Å². The van der Waals surface area contributed by atoms with Crippen molar-refractivity contribution in [3.05, 3.63) is 29.3 Å². The highest BCUT2D eigenvalue weighted by molar-refractivity contribution is 7.88. The van der Waals surface area contributed by atoms with Gasteiger partial charge in [-0.2, -0.15) is 4.31 Å². The first-order valence-corrected chi connectivity index (χ1v) is 15.0. The van der Waals surface area contributed by atoms with Crippen LogP contribution in [0.25, 0.3) is 0 Å². The lowest BCUT2D eigenvalue weighted by Gasteiger charge is -2.37. The molecule has 0 radical (unpaired) electrons. The van der Waals surface area contributed by atoms with E-state index in [9.17, 15) is 18.0 Å². The molecule has 1 aromatic carbocycles. The monoisotopic (exact) mass is 519 g/mol. The van der Waals surface area contributed by atoms with Crippen LogP contribution in [0.2, 0.25) is 0 Å². The molecule has 198 valence electrons. The van der Waals surface area contributed by atoms with Gasteiger partial charge in [0, 0.05) is 38.2 Å². The maximum absolute atomic E-state index is 13.1. The molecule has 1 unspecified atom stereocenters. The zero-order valence-corrected chi connectivity index (χ0v) is 22.1. The number of likely N-dealkylation sites (tertiary alicyclic amines) is 1. The summed E-state index contributed by atoms with van der Waals surface area (Å²) in [6.45, 7) is 4.70. The Hall–Kier alpha value is -2.17. The van der Waals surface area contributed by atoms with Crippen molar-refractivity contribution in [2.75, 3.05) is 52.6 Å². The predicted molar refractivity (Wildman–Crippen MR) is 134 cm³/mol. The predicted octanol–water partition coefficient (Wildman–Crippen LogP) is 2.21. The number of rotatable bonds is 7. The number of hydrogen-bond donors (Lipinski definition) is 0. The highest BCUT2D eigenvalue weighted by Gasteiger charge is 2.49. The first kappa shape index (κ1) is 25.5. The smallest absolute Gasteiger partial charge is 0.339 e. The third-order valence-electron chi connectivity index (χ3n) is 8.34. The van der Waals surface area contributed by atoms with Gasteiger partial charge in [0.2, 0.25) is 15.9 Å². The number of benzene rings is 1. The first-order chi connectivity index (χ1) is 17.1. The van der Waals surface area contributed by atoms with Crippen LogP contribution in [-0.2, 0) is 25.2 Å². The third-order valence-corrected chi connectivity index (χ3v) is 9.61. The Morgan fingerprint density at radius 3 is 2.56 bits per heavy atom. The van der Waals surface area contributed by atoms with Gasteiger partial charge in [-0.1, -0.05) is 6.07 Å². The van der Waals surface area contributed by atoms with Gasteiger partial charge in [-0.25, -0.2) is 13.2 Å². The summed E-state index contributed by atoms with van der Waals surface area (Å²) in [5, 5.41) is 0. The Labute approximate surface area is 213 Å². The fraction of sp³-hybridized carbons (Fsp3) is 0.692. The summed E-state index contributed by atoms with van der Waals surface area (Å²) in [6, 6.07) is 5.47. The fourth-order valence-electron chi connectivity index (χ4n) is 6.16. The molecular formula is C26H37N3O6S. The van der Waals surface area contributed by atoms with E-state index >= 15 is 0 Å². The van der Waals surface area contributed by atoms with Crippen molar-refractivity contribution in [2.24, 2.45) is 5.92 Å². The number of carbonyl (C=O) groups is 2. The van der Waals surface area contributed by atoms with Gasteiger partial charge < -0.3 is 19.3 Å². The quantitative estimate of drug-likeness (QED) is 0.510. The molecule has 0 bridgehead atoms. The number of ether oxygens (including phenoxy) is 2. The van der Waals surface area contributed by atoms with E-state index in [0.717, 1.165) is 31.7 Å². The number of nitrogens with zero attached hydrogens (tertiary/aromatic N) is 3. The normalized spacial score (nSPS) is 28.9. The van der Waals surface area contributed by atoms with Crippen LogP contribution in [-0.4, -0.2) is 93.1 Å². The van der Waals surface area contributed by atoms with Gasteiger partial charge in [-0.3, -0.25) is 4.79 Å². The van der Waals surface area contributed by atoms with Crippen LogP contribution < -0.4 is 4.74 Å². The Morgan fingerprint density at radius 2 is 1.89 bits per heavy atom. The number of sulfonamides is 1. The highest BCUT2D eigenvalue weighted by Crippen LogP contribution is 2.49. The SMILES string of the molecule is CN(CCN1CCCC1)C(=O)[C@H]1CC[C@@]2(CC1)OC(=O)c1cc(OC3CCN(S(C)(=O)=O)C3)ccc12. The molecule has 9 nitrogen and oxygen atoms in total. The minimum Gasteiger partial charge on any atom is -0.489 e. The summed E-state index contributed by atoms with van der Waals surface area (Å²) < 4.78 is 36.9. The average molecular weight is 520 g/mol. The molecule has 2 saturated heterocycles. The van der Waals surface area contributed by atoms with E-state index < -0.39 is 15.6 Å². The van der Waals surface area contributed by atoms with Crippen LogP contribution in [0.15, 0.2) is 18.2 Å². The zero-order valence-electron chi connectivity index (χ0n) is 21.3. The van der Waals surface area contributed by atoms with Crippen LogP contribution in [0, 0.1) is 5.92 Å². The van der Waals surface area contributed by atoms with E-state index in [1.807, 2.05) is 24.1 Å². The van der Waals surface area contributed by atoms with E-state index in [4.69, 9.17) is 9.47 Å². The van der Waals surface area contributed by atoms with Gasteiger partial charge in [0.25, 0.3) is 0 Å². The highest BCUT2D eigenvalue weighted by atomic mass is 32.2. The molecule has 1 aliphatic carbocycles. The molecule has 1 spiro atoms. The second-order valence-corrected chi connectivity index (χ2v) is 12.8. The molecule has 5 rings (SSSR count). The topological polar surface area (TPSA) is 96.5 Å². The van der Waals surface area contributed by atoms with Gasteiger partial charge in [0.1, 0.15) is 17.5 Å². The standard InChI is InChI=1S/C26H37N3O6S/c1-27(15-16-28-12-3-4-13-28)24(30)19-7-10-26(11-8-19)23-6-5-20(17-22(23)25(31)35-26)34-21-9-14-29(18-21)36(2,32)33/h5-6,17,19,21H,3-4,7-16,18H2,1-2H3/t19-,21?,26-. The zero-order chi connectivity index (χ0) is 25.5. The Balaban J connectivity index is 1.19. The number of esters is 1. The molecule has 1 aromatic rings. The van der Waals surface area contributed by atoms with Crippen LogP contribution in [0.1, 0.15) is 60.9 Å². The molecule has 0 aromatic heterocycles. The van der Waals surface area contributed by atoms with Gasteiger partial charge in [0.15, 0.2) is 0 Å². The van der Waals surface area contributed by atoms with E-state index in [-0.39, 0.29) is 23.9 Å². The number of carbonyl (C=O) groups excluding carboxylic acids is 2. The molecule has 3 heterocycles. The summed E-state index contributed by atoms with van der Waals surface area (Å²) >= 11 is 0. The Kier molecular flexibility index (Phi) is 7.04. The van der Waals surface area contributed by atoms with Crippen molar-refractivity contribution in [2.45, 2.75) is 56.7 Å². The Morgan fingerprint density at radius 1 is 1.17 bits per heavy atom. The molecule has 4 aliphatic rings. The van der Waals surface area contributed by atoms with Gasteiger partial charge >= 0.3 is 5.97 Å². The second-order valence-electron chi connectivity index (χ2n) is 10.8. The van der Waals surface area contributed by atoms with E-state index in [1.54, 1.807) is 6.07 Å². The lowest BCUT2D eigenvalue weighted by atomic mass is 9.74. The molecule has 3 fully saturated rings. The summed E-state index contributed by atoms with van der Waals surface area (Å²) in [6.07, 6.45) is 6.73.